The Bertz CT molecular complexity index is 753. The smallest absolute Gasteiger partial charge is 0.137 e. The van der Waals surface area contributed by atoms with E-state index in [-0.39, 0.29) is 6.17 Å². The van der Waals surface area contributed by atoms with Crippen molar-refractivity contribution in [1.29, 1.82) is 0 Å². The second kappa shape index (κ2) is 7.41. The summed E-state index contributed by atoms with van der Waals surface area (Å²) in [5.74, 6) is 0.828. The topological polar surface area (TPSA) is 46.0 Å². The number of rotatable bonds is 6. The number of nitrogens with one attached hydrogen (secondary N) is 1. The number of benzene rings is 2. The van der Waals surface area contributed by atoms with Crippen LogP contribution in [0.5, 0.6) is 5.75 Å². The lowest BCUT2D eigenvalue weighted by Gasteiger charge is -2.15. The Morgan fingerprint density at radius 2 is 1.96 bits per heavy atom. The summed E-state index contributed by atoms with van der Waals surface area (Å²) in [5, 5.41) is 3.56. The van der Waals surface area contributed by atoms with Crippen LogP contribution in [0.3, 0.4) is 0 Å². The van der Waals surface area contributed by atoms with Gasteiger partial charge in [0.05, 0.1) is 12.8 Å². The van der Waals surface area contributed by atoms with Crippen molar-refractivity contribution in [3.05, 3.63) is 65.2 Å². The van der Waals surface area contributed by atoms with Crippen molar-refractivity contribution >= 4 is 11.9 Å². The van der Waals surface area contributed by atoms with Gasteiger partial charge >= 0.3 is 0 Å². The molecule has 24 heavy (non-hydrogen) atoms. The first-order chi connectivity index (χ1) is 11.7. The number of methoxy groups -OCH3 is 1. The van der Waals surface area contributed by atoms with Gasteiger partial charge in [0.25, 0.3) is 0 Å². The van der Waals surface area contributed by atoms with Crippen LogP contribution in [0.15, 0.2) is 58.5 Å². The minimum absolute atomic E-state index is 0.00964. The Morgan fingerprint density at radius 1 is 1.17 bits per heavy atom. The zero-order chi connectivity index (χ0) is 16.9. The minimum Gasteiger partial charge on any atom is -0.496 e. The Kier molecular flexibility index (Phi) is 5.06. The molecule has 3 rings (SSSR count). The van der Waals surface area contributed by atoms with E-state index >= 15 is 0 Å². The maximum absolute atomic E-state index is 5.48. The average molecular weight is 321 g/mol. The third-order valence-corrected chi connectivity index (χ3v) is 4.19. The molecule has 2 aromatic carbocycles. The zero-order valence-corrected chi connectivity index (χ0v) is 14.4. The fourth-order valence-corrected chi connectivity index (χ4v) is 2.78. The molecule has 4 nitrogen and oxygen atoms in total. The van der Waals surface area contributed by atoms with Gasteiger partial charge in [-0.25, -0.2) is 0 Å². The van der Waals surface area contributed by atoms with Crippen molar-refractivity contribution in [2.45, 2.75) is 32.6 Å². The van der Waals surface area contributed by atoms with Gasteiger partial charge < -0.3 is 10.1 Å². The molecule has 0 fully saturated rings. The third-order valence-electron chi connectivity index (χ3n) is 4.19. The van der Waals surface area contributed by atoms with Crippen LogP contribution >= 0.6 is 0 Å². The van der Waals surface area contributed by atoms with Gasteiger partial charge in [0.1, 0.15) is 11.9 Å². The molecule has 0 aliphatic carbocycles. The van der Waals surface area contributed by atoms with Crippen molar-refractivity contribution < 1.29 is 4.74 Å². The first kappa shape index (κ1) is 16.4. The molecule has 124 valence electrons. The van der Waals surface area contributed by atoms with Gasteiger partial charge in [0.2, 0.25) is 0 Å². The molecule has 0 radical (unpaired) electrons. The number of hydrogen-bond donors (Lipinski definition) is 1. The van der Waals surface area contributed by atoms with Crippen LogP contribution in [0.2, 0.25) is 0 Å². The highest BCUT2D eigenvalue weighted by Gasteiger charge is 2.15. The SMILES string of the molecule is COc1ccc(CNC(C)c2ccccc2)cc1C1=NC(C)N=C1. The minimum atomic E-state index is -0.00964. The largest absolute Gasteiger partial charge is 0.496 e. The molecule has 1 N–H and O–H groups in total. The van der Waals surface area contributed by atoms with E-state index in [1.54, 1.807) is 7.11 Å². The van der Waals surface area contributed by atoms with Crippen LogP contribution in [0.1, 0.15) is 36.6 Å². The zero-order valence-electron chi connectivity index (χ0n) is 14.4. The van der Waals surface area contributed by atoms with Gasteiger partial charge in [-0.3, -0.25) is 9.98 Å². The standard InChI is InChI=1S/C20H23N3O/c1-14(17-7-5-4-6-8-17)21-12-16-9-10-20(24-3)18(11-16)19-13-22-15(2)23-19/h4-11,13-15,21H,12H2,1-3H3. The maximum atomic E-state index is 5.48. The van der Waals surface area contributed by atoms with Crippen molar-refractivity contribution in [2.75, 3.05) is 7.11 Å². The molecule has 0 bridgehead atoms. The number of nitrogens with zero attached hydrogens (tertiary/aromatic N) is 2. The molecule has 0 aromatic heterocycles. The van der Waals surface area contributed by atoms with E-state index in [9.17, 15) is 0 Å². The van der Waals surface area contributed by atoms with Crippen molar-refractivity contribution in [2.24, 2.45) is 9.98 Å². The average Bonchev–Trinajstić information content (AvgIpc) is 3.06. The monoisotopic (exact) mass is 321 g/mol. The summed E-state index contributed by atoms with van der Waals surface area (Å²) in [6.07, 6.45) is 1.82. The number of aliphatic imine (C=N–C) groups is 2. The fourth-order valence-electron chi connectivity index (χ4n) is 2.78. The molecule has 2 atom stereocenters. The Labute approximate surface area is 143 Å². The summed E-state index contributed by atoms with van der Waals surface area (Å²) in [4.78, 5) is 8.86. The summed E-state index contributed by atoms with van der Waals surface area (Å²) in [5.41, 5.74) is 4.37. The Hall–Kier alpha value is -2.46. The molecule has 0 spiro atoms. The molecule has 0 saturated carbocycles. The van der Waals surface area contributed by atoms with Crippen LogP contribution in [-0.2, 0) is 6.54 Å². The van der Waals surface area contributed by atoms with Gasteiger partial charge in [-0.15, -0.1) is 0 Å². The summed E-state index contributed by atoms with van der Waals surface area (Å²) < 4.78 is 5.48. The van der Waals surface area contributed by atoms with Crippen molar-refractivity contribution in [1.82, 2.24) is 5.32 Å². The Balaban J connectivity index is 1.75. The molecule has 2 aromatic rings. The van der Waals surface area contributed by atoms with Gasteiger partial charge in [-0.05, 0) is 37.1 Å². The van der Waals surface area contributed by atoms with Crippen LogP contribution in [0.25, 0.3) is 0 Å². The van der Waals surface area contributed by atoms with Crippen molar-refractivity contribution in [3.8, 4) is 5.75 Å². The third kappa shape index (κ3) is 3.71. The van der Waals surface area contributed by atoms with E-state index in [4.69, 9.17) is 4.74 Å². The number of ether oxygens (including phenoxy) is 1. The van der Waals surface area contributed by atoms with Crippen LogP contribution in [0.4, 0.5) is 0 Å². The number of hydrogen-bond acceptors (Lipinski definition) is 4. The van der Waals surface area contributed by atoms with Crippen LogP contribution < -0.4 is 10.1 Å². The van der Waals surface area contributed by atoms with Gasteiger partial charge in [-0.2, -0.15) is 0 Å². The summed E-state index contributed by atoms with van der Waals surface area (Å²) >= 11 is 0. The Morgan fingerprint density at radius 3 is 2.62 bits per heavy atom. The molecule has 0 saturated heterocycles. The van der Waals surface area contributed by atoms with Crippen LogP contribution in [0, 0.1) is 0 Å². The lowest BCUT2D eigenvalue weighted by molar-refractivity contribution is 0.413. The lowest BCUT2D eigenvalue weighted by atomic mass is 10.0. The normalized spacial score (nSPS) is 17.6. The molecule has 0 amide bonds. The highest BCUT2D eigenvalue weighted by Crippen LogP contribution is 2.23. The van der Waals surface area contributed by atoms with Crippen LogP contribution in [-0.4, -0.2) is 25.2 Å². The lowest BCUT2D eigenvalue weighted by Crippen LogP contribution is -2.18. The van der Waals surface area contributed by atoms with Crippen molar-refractivity contribution in [3.63, 3.8) is 0 Å². The second-order valence-electron chi connectivity index (χ2n) is 5.97. The predicted octanol–water partition coefficient (Wildman–Crippen LogP) is 3.77. The van der Waals surface area contributed by atoms with Gasteiger partial charge in [-0.1, -0.05) is 36.4 Å². The molecule has 2 unspecified atom stereocenters. The molecular formula is C20H23N3O. The molecule has 1 aliphatic rings. The van der Waals surface area contributed by atoms with Gasteiger partial charge in [0, 0.05) is 24.4 Å². The van der Waals surface area contributed by atoms with E-state index in [1.807, 2.05) is 25.3 Å². The first-order valence-electron chi connectivity index (χ1n) is 8.24. The van der Waals surface area contributed by atoms with E-state index in [0.717, 1.165) is 23.6 Å². The second-order valence-corrected chi connectivity index (χ2v) is 5.97. The summed E-state index contributed by atoms with van der Waals surface area (Å²) in [6, 6.07) is 17.0. The summed E-state index contributed by atoms with van der Waals surface area (Å²) in [7, 11) is 1.68. The summed E-state index contributed by atoms with van der Waals surface area (Å²) in [6.45, 7) is 4.94. The van der Waals surface area contributed by atoms with E-state index in [2.05, 4.69) is 58.6 Å². The quantitative estimate of drug-likeness (QED) is 0.880. The first-order valence-corrected chi connectivity index (χ1v) is 8.24. The molecule has 4 heteroatoms. The molecule has 1 heterocycles. The van der Waals surface area contributed by atoms with E-state index < -0.39 is 0 Å². The van der Waals surface area contributed by atoms with E-state index in [0.29, 0.717) is 6.04 Å². The predicted molar refractivity (Wildman–Crippen MR) is 99.2 cm³/mol. The molecular weight excluding hydrogens is 298 g/mol. The maximum Gasteiger partial charge on any atom is 0.137 e. The highest BCUT2D eigenvalue weighted by atomic mass is 16.5. The van der Waals surface area contributed by atoms with Gasteiger partial charge in [0.15, 0.2) is 0 Å². The van der Waals surface area contributed by atoms with E-state index in [1.165, 1.54) is 11.1 Å². The highest BCUT2D eigenvalue weighted by molar-refractivity contribution is 6.40. The molecule has 1 aliphatic heterocycles. The fraction of sp³-hybridized carbons (Fsp3) is 0.300.